The summed E-state index contributed by atoms with van der Waals surface area (Å²) in [6, 6.07) is 1.20. The summed E-state index contributed by atoms with van der Waals surface area (Å²) in [6.45, 7) is 2.69. The van der Waals surface area contributed by atoms with Crippen molar-refractivity contribution in [2.24, 2.45) is 7.05 Å². The predicted molar refractivity (Wildman–Crippen MR) is 63.9 cm³/mol. The lowest BCUT2D eigenvalue weighted by atomic mass is 10.2. The zero-order valence-electron chi connectivity index (χ0n) is 10.6. The number of nitrogens with zero attached hydrogens (tertiary/aromatic N) is 3. The van der Waals surface area contributed by atoms with Crippen molar-refractivity contribution in [2.75, 3.05) is 13.2 Å². The van der Waals surface area contributed by atoms with E-state index in [9.17, 15) is 9.59 Å². The summed E-state index contributed by atoms with van der Waals surface area (Å²) >= 11 is 0. The Balaban J connectivity index is 2.15. The monoisotopic (exact) mass is 251 g/mol. The van der Waals surface area contributed by atoms with E-state index < -0.39 is 6.04 Å². The largest absolute Gasteiger partial charge is 0.464 e. The third kappa shape index (κ3) is 2.23. The lowest BCUT2D eigenvalue weighted by molar-refractivity contribution is -0.147. The van der Waals surface area contributed by atoms with Crippen molar-refractivity contribution in [1.82, 2.24) is 14.7 Å². The second-order valence-corrected chi connectivity index (χ2v) is 4.25. The third-order valence-electron chi connectivity index (χ3n) is 3.11. The highest BCUT2D eigenvalue weighted by atomic mass is 16.5. The van der Waals surface area contributed by atoms with Gasteiger partial charge in [-0.3, -0.25) is 9.48 Å². The minimum absolute atomic E-state index is 0.162. The normalized spacial score (nSPS) is 19.0. The number of carbonyl (C=O) groups excluding carboxylic acids is 2. The number of aromatic nitrogens is 2. The van der Waals surface area contributed by atoms with Crippen LogP contribution in [0.15, 0.2) is 12.3 Å². The molecule has 1 aromatic rings. The van der Waals surface area contributed by atoms with Crippen molar-refractivity contribution in [3.63, 3.8) is 0 Å². The molecule has 2 heterocycles. The van der Waals surface area contributed by atoms with Crippen LogP contribution < -0.4 is 0 Å². The first-order valence-corrected chi connectivity index (χ1v) is 6.10. The molecule has 0 aliphatic carbocycles. The van der Waals surface area contributed by atoms with E-state index in [1.807, 2.05) is 0 Å². The van der Waals surface area contributed by atoms with Gasteiger partial charge in [-0.25, -0.2) is 4.79 Å². The third-order valence-corrected chi connectivity index (χ3v) is 3.11. The predicted octanol–water partition coefficient (Wildman–Crippen LogP) is 0.588. The molecule has 1 fully saturated rings. The molecule has 18 heavy (non-hydrogen) atoms. The Hall–Kier alpha value is -1.85. The highest BCUT2D eigenvalue weighted by Crippen LogP contribution is 2.21. The Bertz CT molecular complexity index is 455. The Morgan fingerprint density at radius 2 is 2.33 bits per heavy atom. The van der Waals surface area contributed by atoms with Crippen molar-refractivity contribution in [3.8, 4) is 0 Å². The molecule has 0 N–H and O–H groups in total. The number of carbonyl (C=O) groups is 2. The van der Waals surface area contributed by atoms with Gasteiger partial charge in [-0.2, -0.15) is 5.10 Å². The van der Waals surface area contributed by atoms with Gasteiger partial charge in [0.25, 0.3) is 5.91 Å². The van der Waals surface area contributed by atoms with E-state index in [2.05, 4.69) is 5.10 Å². The number of ether oxygens (including phenoxy) is 1. The number of rotatable bonds is 3. The fourth-order valence-corrected chi connectivity index (χ4v) is 2.22. The maximum Gasteiger partial charge on any atom is 0.328 e. The lowest BCUT2D eigenvalue weighted by Crippen LogP contribution is -2.42. The van der Waals surface area contributed by atoms with Crippen LogP contribution in [-0.4, -0.2) is 45.8 Å². The maximum absolute atomic E-state index is 12.3. The summed E-state index contributed by atoms with van der Waals surface area (Å²) in [5, 5.41) is 3.97. The summed E-state index contributed by atoms with van der Waals surface area (Å²) in [6.07, 6.45) is 3.07. The minimum atomic E-state index is -0.452. The molecule has 6 heteroatoms. The second kappa shape index (κ2) is 5.20. The van der Waals surface area contributed by atoms with Gasteiger partial charge in [-0.05, 0) is 25.8 Å². The standard InChI is InChI=1S/C12H17N3O3/c1-3-18-12(17)10-5-4-8-15(10)11(16)9-6-7-13-14(9)2/h6-7,10H,3-5,8H2,1-2H3. The number of amides is 1. The molecular weight excluding hydrogens is 234 g/mol. The van der Waals surface area contributed by atoms with Crippen molar-refractivity contribution in [2.45, 2.75) is 25.8 Å². The summed E-state index contributed by atoms with van der Waals surface area (Å²) < 4.78 is 6.52. The number of esters is 1. The summed E-state index contributed by atoms with van der Waals surface area (Å²) in [4.78, 5) is 25.7. The van der Waals surface area contributed by atoms with Gasteiger partial charge in [-0.15, -0.1) is 0 Å². The lowest BCUT2D eigenvalue weighted by Gasteiger charge is -2.22. The Morgan fingerprint density at radius 3 is 2.94 bits per heavy atom. The fourth-order valence-electron chi connectivity index (χ4n) is 2.22. The number of hydrogen-bond donors (Lipinski definition) is 0. The number of likely N-dealkylation sites (tertiary alicyclic amines) is 1. The number of hydrogen-bond acceptors (Lipinski definition) is 4. The molecule has 0 bridgehead atoms. The molecule has 1 aliphatic rings. The minimum Gasteiger partial charge on any atom is -0.464 e. The SMILES string of the molecule is CCOC(=O)C1CCCN1C(=O)c1ccnn1C. The van der Waals surface area contributed by atoms with Gasteiger partial charge >= 0.3 is 5.97 Å². The molecule has 0 aromatic carbocycles. The van der Waals surface area contributed by atoms with E-state index in [0.29, 0.717) is 25.3 Å². The van der Waals surface area contributed by atoms with Gasteiger partial charge < -0.3 is 9.64 Å². The van der Waals surface area contributed by atoms with Crippen LogP contribution in [0.2, 0.25) is 0 Å². The molecule has 1 saturated heterocycles. The molecule has 1 atom stereocenters. The van der Waals surface area contributed by atoms with Crippen molar-refractivity contribution >= 4 is 11.9 Å². The summed E-state index contributed by atoms with van der Waals surface area (Å²) in [5.74, 6) is -0.476. The van der Waals surface area contributed by atoms with Crippen LogP contribution in [0.25, 0.3) is 0 Å². The molecule has 0 spiro atoms. The van der Waals surface area contributed by atoms with Crippen LogP contribution in [0.1, 0.15) is 30.3 Å². The molecule has 0 radical (unpaired) electrons. The van der Waals surface area contributed by atoms with E-state index >= 15 is 0 Å². The first kappa shape index (κ1) is 12.6. The van der Waals surface area contributed by atoms with Crippen LogP contribution in [0.5, 0.6) is 0 Å². The zero-order valence-corrected chi connectivity index (χ0v) is 10.6. The molecule has 1 unspecified atom stereocenters. The van der Waals surface area contributed by atoms with E-state index in [0.717, 1.165) is 6.42 Å². The van der Waals surface area contributed by atoms with Crippen LogP contribution in [0.3, 0.4) is 0 Å². The zero-order chi connectivity index (χ0) is 13.1. The molecule has 1 aliphatic heterocycles. The van der Waals surface area contributed by atoms with Gasteiger partial charge in [0, 0.05) is 19.8 Å². The van der Waals surface area contributed by atoms with Crippen molar-refractivity contribution in [1.29, 1.82) is 0 Å². The van der Waals surface area contributed by atoms with E-state index in [4.69, 9.17) is 4.74 Å². The topological polar surface area (TPSA) is 64.4 Å². The molecule has 98 valence electrons. The molecule has 6 nitrogen and oxygen atoms in total. The molecular formula is C12H17N3O3. The number of aryl methyl sites for hydroxylation is 1. The van der Waals surface area contributed by atoms with Crippen LogP contribution in [0.4, 0.5) is 0 Å². The average Bonchev–Trinajstić information content (AvgIpc) is 2.96. The van der Waals surface area contributed by atoms with Gasteiger partial charge in [0.2, 0.25) is 0 Å². The van der Waals surface area contributed by atoms with Gasteiger partial charge in [0.15, 0.2) is 0 Å². The Kier molecular flexibility index (Phi) is 3.64. The molecule has 0 saturated carbocycles. The van der Waals surface area contributed by atoms with Gasteiger partial charge in [0.1, 0.15) is 11.7 Å². The highest BCUT2D eigenvalue weighted by molar-refractivity contribution is 5.95. The van der Waals surface area contributed by atoms with Gasteiger partial charge in [-0.1, -0.05) is 0 Å². The van der Waals surface area contributed by atoms with Crippen LogP contribution in [-0.2, 0) is 16.6 Å². The summed E-state index contributed by atoms with van der Waals surface area (Å²) in [7, 11) is 1.71. The smallest absolute Gasteiger partial charge is 0.328 e. The first-order valence-electron chi connectivity index (χ1n) is 6.10. The van der Waals surface area contributed by atoms with E-state index in [-0.39, 0.29) is 11.9 Å². The Labute approximate surface area is 106 Å². The van der Waals surface area contributed by atoms with Gasteiger partial charge in [0.05, 0.1) is 6.61 Å². The van der Waals surface area contributed by atoms with E-state index in [1.165, 1.54) is 4.68 Å². The Morgan fingerprint density at radius 1 is 1.56 bits per heavy atom. The second-order valence-electron chi connectivity index (χ2n) is 4.25. The fraction of sp³-hybridized carbons (Fsp3) is 0.583. The average molecular weight is 251 g/mol. The van der Waals surface area contributed by atoms with Crippen LogP contribution >= 0.6 is 0 Å². The molecule has 2 rings (SSSR count). The quantitative estimate of drug-likeness (QED) is 0.737. The van der Waals surface area contributed by atoms with Crippen molar-refractivity contribution < 1.29 is 14.3 Å². The van der Waals surface area contributed by atoms with Crippen LogP contribution in [0, 0.1) is 0 Å². The van der Waals surface area contributed by atoms with Crippen molar-refractivity contribution in [3.05, 3.63) is 18.0 Å². The highest BCUT2D eigenvalue weighted by Gasteiger charge is 2.36. The maximum atomic E-state index is 12.3. The summed E-state index contributed by atoms with van der Waals surface area (Å²) in [5.41, 5.74) is 0.492. The molecule has 1 amide bonds. The van der Waals surface area contributed by atoms with E-state index in [1.54, 1.807) is 31.1 Å². The first-order chi connectivity index (χ1) is 8.65. The molecule has 1 aromatic heterocycles.